The summed E-state index contributed by atoms with van der Waals surface area (Å²) in [6, 6.07) is 0.427. The van der Waals surface area contributed by atoms with Gasteiger partial charge in [0.05, 0.1) is 0 Å². The summed E-state index contributed by atoms with van der Waals surface area (Å²) < 4.78 is 0. The van der Waals surface area contributed by atoms with Gasteiger partial charge in [0, 0.05) is 43.9 Å². The molecule has 0 spiro atoms. The lowest BCUT2D eigenvalue weighted by molar-refractivity contribution is -0.140. The normalized spacial score (nSPS) is 27.8. The van der Waals surface area contributed by atoms with Crippen LogP contribution in [0.25, 0.3) is 0 Å². The fourth-order valence-corrected chi connectivity index (χ4v) is 3.60. The van der Waals surface area contributed by atoms with Gasteiger partial charge in [-0.05, 0) is 31.6 Å². The molecule has 6 heteroatoms. The van der Waals surface area contributed by atoms with Gasteiger partial charge in [-0.3, -0.25) is 19.3 Å². The van der Waals surface area contributed by atoms with E-state index >= 15 is 0 Å². The first-order valence-electron chi connectivity index (χ1n) is 9.23. The van der Waals surface area contributed by atoms with Crippen molar-refractivity contribution in [3.05, 3.63) is 0 Å². The molecule has 1 heterocycles. The van der Waals surface area contributed by atoms with Gasteiger partial charge >= 0.3 is 0 Å². The van der Waals surface area contributed by atoms with Crippen LogP contribution in [0.1, 0.15) is 52.9 Å². The zero-order valence-corrected chi connectivity index (χ0v) is 15.1. The third-order valence-corrected chi connectivity index (χ3v) is 5.10. The van der Waals surface area contributed by atoms with Crippen LogP contribution in [-0.2, 0) is 14.4 Å². The Balaban J connectivity index is 1.68. The van der Waals surface area contributed by atoms with Gasteiger partial charge in [0.15, 0.2) is 0 Å². The van der Waals surface area contributed by atoms with Crippen molar-refractivity contribution in [1.29, 1.82) is 0 Å². The highest BCUT2D eigenvalue weighted by atomic mass is 16.2. The second-order valence-electron chi connectivity index (χ2n) is 7.57. The Bertz CT molecular complexity index is 470. The average molecular weight is 337 g/mol. The van der Waals surface area contributed by atoms with E-state index in [9.17, 15) is 14.4 Å². The zero-order chi connectivity index (χ0) is 17.7. The second-order valence-corrected chi connectivity index (χ2v) is 7.57. The predicted octanol–water partition coefficient (Wildman–Crippen LogP) is 1.30. The molecule has 1 atom stereocenters. The summed E-state index contributed by atoms with van der Waals surface area (Å²) >= 11 is 0. The van der Waals surface area contributed by atoms with E-state index < -0.39 is 0 Å². The topological polar surface area (TPSA) is 78.5 Å². The van der Waals surface area contributed by atoms with Crippen LogP contribution in [0.5, 0.6) is 0 Å². The van der Waals surface area contributed by atoms with Gasteiger partial charge < -0.3 is 10.6 Å². The molecule has 0 aromatic rings. The first-order chi connectivity index (χ1) is 11.4. The van der Waals surface area contributed by atoms with Crippen molar-refractivity contribution >= 4 is 17.7 Å². The lowest BCUT2D eigenvalue weighted by atomic mass is 9.81. The summed E-state index contributed by atoms with van der Waals surface area (Å²) in [5, 5.41) is 6.27. The predicted molar refractivity (Wildman–Crippen MR) is 92.1 cm³/mol. The number of amides is 3. The van der Waals surface area contributed by atoms with E-state index in [0.29, 0.717) is 31.5 Å². The number of carbonyl (C=O) groups excluding carboxylic acids is 3. The molecule has 1 aliphatic carbocycles. The molecule has 0 bridgehead atoms. The lowest BCUT2D eigenvalue weighted by Crippen LogP contribution is -2.40. The number of imide groups is 1. The number of hydrogen-bond donors (Lipinski definition) is 2. The quantitative estimate of drug-likeness (QED) is 0.542. The Labute approximate surface area is 144 Å². The van der Waals surface area contributed by atoms with Crippen LogP contribution in [0, 0.1) is 17.8 Å². The Morgan fingerprint density at radius 3 is 2.38 bits per heavy atom. The highest BCUT2D eigenvalue weighted by Crippen LogP contribution is 2.31. The molecule has 136 valence electrons. The molecule has 3 amide bonds. The Morgan fingerprint density at radius 2 is 1.83 bits per heavy atom. The molecule has 2 rings (SSSR count). The molecule has 1 unspecified atom stereocenters. The molecule has 0 aromatic carbocycles. The van der Waals surface area contributed by atoms with Gasteiger partial charge in [0.2, 0.25) is 17.7 Å². The summed E-state index contributed by atoms with van der Waals surface area (Å²) in [6.07, 6.45) is 3.86. The van der Waals surface area contributed by atoms with Gasteiger partial charge in [-0.25, -0.2) is 0 Å². The van der Waals surface area contributed by atoms with Gasteiger partial charge in [-0.2, -0.15) is 0 Å². The van der Waals surface area contributed by atoms with Crippen molar-refractivity contribution in [3.8, 4) is 0 Å². The monoisotopic (exact) mass is 337 g/mol. The molecular weight excluding hydrogens is 306 g/mol. The Hall–Kier alpha value is -1.43. The highest BCUT2D eigenvalue weighted by molar-refractivity contribution is 6.03. The summed E-state index contributed by atoms with van der Waals surface area (Å²) in [5.41, 5.74) is 0. The van der Waals surface area contributed by atoms with E-state index in [2.05, 4.69) is 24.5 Å². The smallest absolute Gasteiger partial charge is 0.232 e. The van der Waals surface area contributed by atoms with Crippen LogP contribution >= 0.6 is 0 Å². The largest absolute Gasteiger partial charge is 0.355 e. The Morgan fingerprint density at radius 1 is 1.17 bits per heavy atom. The maximum Gasteiger partial charge on any atom is 0.232 e. The van der Waals surface area contributed by atoms with Gasteiger partial charge in [0.25, 0.3) is 0 Å². The van der Waals surface area contributed by atoms with Crippen LogP contribution in [0.4, 0.5) is 0 Å². The minimum absolute atomic E-state index is 0.0301. The molecule has 24 heavy (non-hydrogen) atoms. The summed E-state index contributed by atoms with van der Waals surface area (Å²) in [7, 11) is 0. The summed E-state index contributed by atoms with van der Waals surface area (Å²) in [4.78, 5) is 37.5. The van der Waals surface area contributed by atoms with E-state index in [-0.39, 0.29) is 29.6 Å². The molecule has 2 N–H and O–H groups in total. The molecule has 1 saturated heterocycles. The maximum absolute atomic E-state index is 12.2. The van der Waals surface area contributed by atoms with E-state index in [1.807, 2.05) is 6.92 Å². The molecule has 1 saturated carbocycles. The van der Waals surface area contributed by atoms with Crippen LogP contribution in [-0.4, -0.2) is 48.3 Å². The van der Waals surface area contributed by atoms with E-state index in [1.165, 1.54) is 4.90 Å². The number of carbonyl (C=O) groups is 3. The number of likely N-dealkylation sites (tertiary alicyclic amines) is 1. The molecule has 2 fully saturated rings. The van der Waals surface area contributed by atoms with E-state index in [1.54, 1.807) is 0 Å². The van der Waals surface area contributed by atoms with E-state index in [0.717, 1.165) is 32.2 Å². The van der Waals surface area contributed by atoms with Crippen molar-refractivity contribution in [2.24, 2.45) is 17.8 Å². The minimum atomic E-state index is -0.168. The molecule has 0 radical (unpaired) electrons. The van der Waals surface area contributed by atoms with Crippen molar-refractivity contribution in [3.63, 3.8) is 0 Å². The number of nitrogens with one attached hydrogen (secondary N) is 2. The third-order valence-electron chi connectivity index (χ3n) is 5.10. The Kier molecular flexibility index (Phi) is 6.78. The molecule has 2 aliphatic rings. The SMILES string of the molecule is CC(C)NCCNC(=O)C1CCC(CN2C(=O)CC(C)C2=O)CC1. The van der Waals surface area contributed by atoms with Crippen LogP contribution in [0.3, 0.4) is 0 Å². The second kappa shape index (κ2) is 8.60. The van der Waals surface area contributed by atoms with Crippen molar-refractivity contribution < 1.29 is 14.4 Å². The van der Waals surface area contributed by atoms with Gasteiger partial charge in [0.1, 0.15) is 0 Å². The minimum Gasteiger partial charge on any atom is -0.355 e. The number of nitrogens with zero attached hydrogens (tertiary/aromatic N) is 1. The van der Waals surface area contributed by atoms with Gasteiger partial charge in [-0.1, -0.05) is 20.8 Å². The van der Waals surface area contributed by atoms with E-state index in [4.69, 9.17) is 0 Å². The average Bonchev–Trinajstić information content (AvgIpc) is 2.78. The van der Waals surface area contributed by atoms with Crippen molar-refractivity contribution in [1.82, 2.24) is 15.5 Å². The zero-order valence-electron chi connectivity index (χ0n) is 15.1. The lowest BCUT2D eigenvalue weighted by Gasteiger charge is -2.30. The van der Waals surface area contributed by atoms with Crippen LogP contribution < -0.4 is 10.6 Å². The highest BCUT2D eigenvalue weighted by Gasteiger charge is 2.37. The number of hydrogen-bond acceptors (Lipinski definition) is 4. The van der Waals surface area contributed by atoms with Crippen molar-refractivity contribution in [2.75, 3.05) is 19.6 Å². The summed E-state index contributed by atoms with van der Waals surface area (Å²) in [5.74, 6) is 0.321. The molecule has 0 aromatic heterocycles. The molecular formula is C18H31N3O3. The fourth-order valence-electron chi connectivity index (χ4n) is 3.60. The van der Waals surface area contributed by atoms with Gasteiger partial charge in [-0.15, -0.1) is 0 Å². The van der Waals surface area contributed by atoms with Crippen LogP contribution in [0.2, 0.25) is 0 Å². The third kappa shape index (κ3) is 5.03. The molecule has 6 nitrogen and oxygen atoms in total. The maximum atomic E-state index is 12.2. The first-order valence-corrected chi connectivity index (χ1v) is 9.23. The standard InChI is InChI=1S/C18H31N3O3/c1-12(2)19-8-9-20-17(23)15-6-4-14(5-7-15)11-21-16(22)10-13(3)18(21)24/h12-15,19H,4-11H2,1-3H3,(H,20,23). The molecule has 1 aliphatic heterocycles. The summed E-state index contributed by atoms with van der Waals surface area (Å²) in [6.45, 7) is 7.96. The first kappa shape index (κ1) is 18.9. The van der Waals surface area contributed by atoms with Crippen LogP contribution in [0.15, 0.2) is 0 Å². The fraction of sp³-hybridized carbons (Fsp3) is 0.833. The number of rotatable bonds is 7. The van der Waals surface area contributed by atoms with Crippen molar-refractivity contribution in [2.45, 2.75) is 58.9 Å².